The minimum absolute atomic E-state index is 0. The van der Waals surface area contributed by atoms with Crippen LogP contribution in [0.1, 0.15) is 45.1 Å². The summed E-state index contributed by atoms with van der Waals surface area (Å²) in [6.07, 6.45) is 7.31. The number of rotatable bonds is 7. The van der Waals surface area contributed by atoms with Crippen LogP contribution in [-0.2, 0) is 11.3 Å². The molecule has 7 nitrogen and oxygen atoms in total. The molecule has 3 heterocycles. The van der Waals surface area contributed by atoms with E-state index in [9.17, 15) is 0 Å². The van der Waals surface area contributed by atoms with Gasteiger partial charge in [-0.1, -0.05) is 26.7 Å². The number of nitrogens with zero attached hydrogens (tertiary/aromatic N) is 4. The van der Waals surface area contributed by atoms with E-state index in [-0.39, 0.29) is 30.1 Å². The van der Waals surface area contributed by atoms with Crippen molar-refractivity contribution in [1.29, 1.82) is 0 Å². The summed E-state index contributed by atoms with van der Waals surface area (Å²) in [5, 5.41) is 6.87. The first-order valence-electron chi connectivity index (χ1n) is 11.6. The van der Waals surface area contributed by atoms with E-state index in [1.54, 1.807) is 0 Å². The quantitative estimate of drug-likeness (QED) is 0.313. The van der Waals surface area contributed by atoms with Crippen LogP contribution in [0, 0.1) is 5.92 Å². The number of hydrogen-bond donors (Lipinski definition) is 2. The minimum atomic E-state index is 0. The molecule has 176 valence electrons. The molecule has 3 rings (SSSR count). The van der Waals surface area contributed by atoms with E-state index >= 15 is 0 Å². The molecule has 2 fully saturated rings. The number of ether oxygens (including phenoxy) is 1. The summed E-state index contributed by atoms with van der Waals surface area (Å²) in [4.78, 5) is 13.9. The standard InChI is InChI=1S/C23H40N6O.HI/c1-19(2)17-28-12-13-30-21(18-28)16-27-23(24-3)26-15-20-8-9-25-22(14-20)29-10-6-4-5-7-11-29;/h8-9,14,19,21H,4-7,10-13,15-18H2,1-3H3,(H2,24,26,27);1H. The van der Waals surface area contributed by atoms with Gasteiger partial charge in [0.15, 0.2) is 5.96 Å². The summed E-state index contributed by atoms with van der Waals surface area (Å²) in [6.45, 7) is 12.2. The second kappa shape index (κ2) is 14.1. The van der Waals surface area contributed by atoms with Gasteiger partial charge in [0.25, 0.3) is 0 Å². The number of nitrogens with one attached hydrogen (secondary N) is 2. The lowest BCUT2D eigenvalue weighted by molar-refractivity contribution is -0.0284. The zero-order valence-corrected chi connectivity index (χ0v) is 21.8. The molecule has 2 saturated heterocycles. The molecular formula is C23H41IN6O. The molecule has 0 saturated carbocycles. The average molecular weight is 545 g/mol. The molecule has 31 heavy (non-hydrogen) atoms. The third-order valence-corrected chi connectivity index (χ3v) is 5.77. The maximum Gasteiger partial charge on any atom is 0.191 e. The molecule has 2 aliphatic rings. The van der Waals surface area contributed by atoms with E-state index in [0.717, 1.165) is 64.2 Å². The van der Waals surface area contributed by atoms with Crippen LogP contribution in [0.4, 0.5) is 5.82 Å². The van der Waals surface area contributed by atoms with E-state index in [2.05, 4.69) is 56.4 Å². The molecular weight excluding hydrogens is 503 g/mol. The van der Waals surface area contributed by atoms with Crippen LogP contribution in [0.3, 0.4) is 0 Å². The van der Waals surface area contributed by atoms with Crippen LogP contribution in [0.25, 0.3) is 0 Å². The number of guanidine groups is 1. The van der Waals surface area contributed by atoms with E-state index in [1.807, 2.05) is 13.2 Å². The number of aromatic nitrogens is 1. The molecule has 0 radical (unpaired) electrons. The number of hydrogen-bond acceptors (Lipinski definition) is 5. The summed E-state index contributed by atoms with van der Waals surface area (Å²) in [5.41, 5.74) is 1.23. The Labute approximate surface area is 205 Å². The lowest BCUT2D eigenvalue weighted by Crippen LogP contribution is -2.50. The fourth-order valence-corrected chi connectivity index (χ4v) is 4.25. The number of halogens is 1. The minimum Gasteiger partial charge on any atom is -0.374 e. The van der Waals surface area contributed by atoms with E-state index in [4.69, 9.17) is 4.74 Å². The van der Waals surface area contributed by atoms with Crippen molar-refractivity contribution in [2.24, 2.45) is 10.9 Å². The van der Waals surface area contributed by atoms with Gasteiger partial charge in [-0.25, -0.2) is 4.98 Å². The van der Waals surface area contributed by atoms with Crippen LogP contribution >= 0.6 is 24.0 Å². The summed E-state index contributed by atoms with van der Waals surface area (Å²) in [5.74, 6) is 2.60. The van der Waals surface area contributed by atoms with Crippen molar-refractivity contribution in [2.75, 3.05) is 57.8 Å². The number of anilines is 1. The van der Waals surface area contributed by atoms with Gasteiger partial charge in [0.05, 0.1) is 12.7 Å². The maximum atomic E-state index is 5.94. The second-order valence-corrected chi connectivity index (χ2v) is 8.88. The fraction of sp³-hybridized carbons (Fsp3) is 0.739. The first-order chi connectivity index (χ1) is 14.6. The van der Waals surface area contributed by atoms with Gasteiger partial charge in [-0.2, -0.15) is 0 Å². The van der Waals surface area contributed by atoms with Crippen molar-refractivity contribution in [3.63, 3.8) is 0 Å². The monoisotopic (exact) mass is 544 g/mol. The van der Waals surface area contributed by atoms with Crippen molar-refractivity contribution in [2.45, 2.75) is 52.2 Å². The number of morpholine rings is 1. The highest BCUT2D eigenvalue weighted by Crippen LogP contribution is 2.18. The molecule has 1 aromatic heterocycles. The Morgan fingerprint density at radius 3 is 2.68 bits per heavy atom. The molecule has 2 aliphatic heterocycles. The SMILES string of the molecule is CN=C(NCc1ccnc(N2CCCCCC2)c1)NCC1CN(CC(C)C)CCO1.I. The van der Waals surface area contributed by atoms with Crippen molar-refractivity contribution in [3.05, 3.63) is 23.9 Å². The zero-order chi connectivity index (χ0) is 21.2. The molecule has 8 heteroatoms. The topological polar surface area (TPSA) is 65.0 Å². The molecule has 1 atom stereocenters. The molecule has 2 N–H and O–H groups in total. The molecule has 0 aromatic carbocycles. The highest BCUT2D eigenvalue weighted by molar-refractivity contribution is 14.0. The highest BCUT2D eigenvalue weighted by atomic mass is 127. The van der Waals surface area contributed by atoms with Crippen LogP contribution in [0.2, 0.25) is 0 Å². The Bertz CT molecular complexity index is 663. The smallest absolute Gasteiger partial charge is 0.191 e. The van der Waals surface area contributed by atoms with Crippen LogP contribution in [0.15, 0.2) is 23.3 Å². The third-order valence-electron chi connectivity index (χ3n) is 5.77. The Kier molecular flexibility index (Phi) is 11.9. The Morgan fingerprint density at radius 1 is 1.19 bits per heavy atom. The zero-order valence-electron chi connectivity index (χ0n) is 19.5. The van der Waals surface area contributed by atoms with E-state index < -0.39 is 0 Å². The molecule has 0 bridgehead atoms. The van der Waals surface area contributed by atoms with Crippen molar-refractivity contribution >= 4 is 35.8 Å². The first kappa shape index (κ1) is 26.1. The van der Waals surface area contributed by atoms with Gasteiger partial charge in [0.2, 0.25) is 0 Å². The fourth-order valence-electron chi connectivity index (χ4n) is 4.25. The average Bonchev–Trinajstić information content (AvgIpc) is 3.03. The first-order valence-corrected chi connectivity index (χ1v) is 11.6. The predicted molar refractivity (Wildman–Crippen MR) is 140 cm³/mol. The van der Waals surface area contributed by atoms with E-state index in [0.29, 0.717) is 5.92 Å². The van der Waals surface area contributed by atoms with Gasteiger partial charge >= 0.3 is 0 Å². The Hall–Kier alpha value is -1.13. The van der Waals surface area contributed by atoms with Crippen LogP contribution < -0.4 is 15.5 Å². The Morgan fingerprint density at radius 2 is 1.97 bits per heavy atom. The van der Waals surface area contributed by atoms with Crippen molar-refractivity contribution in [1.82, 2.24) is 20.5 Å². The normalized spacial score (nSPS) is 20.8. The Balaban J connectivity index is 0.00000341. The van der Waals surface area contributed by atoms with Crippen molar-refractivity contribution < 1.29 is 4.74 Å². The summed E-state index contributed by atoms with van der Waals surface area (Å²) < 4.78 is 5.94. The van der Waals surface area contributed by atoms with Crippen LogP contribution in [-0.4, -0.2) is 74.9 Å². The molecule has 1 unspecified atom stereocenters. The van der Waals surface area contributed by atoms with Gasteiger partial charge in [0, 0.05) is 59.1 Å². The second-order valence-electron chi connectivity index (χ2n) is 8.88. The van der Waals surface area contributed by atoms with Gasteiger partial charge < -0.3 is 20.3 Å². The third kappa shape index (κ3) is 9.10. The summed E-state index contributed by atoms with van der Waals surface area (Å²) in [6, 6.07) is 4.29. The summed E-state index contributed by atoms with van der Waals surface area (Å²) in [7, 11) is 1.82. The van der Waals surface area contributed by atoms with Gasteiger partial charge in [-0.15, -0.1) is 24.0 Å². The van der Waals surface area contributed by atoms with Gasteiger partial charge in [-0.05, 0) is 36.5 Å². The predicted octanol–water partition coefficient (Wildman–Crippen LogP) is 3.10. The molecule has 1 aromatic rings. The number of aliphatic imine (C=N–C) groups is 1. The maximum absolute atomic E-state index is 5.94. The summed E-state index contributed by atoms with van der Waals surface area (Å²) >= 11 is 0. The molecule has 0 aliphatic carbocycles. The van der Waals surface area contributed by atoms with Crippen molar-refractivity contribution in [3.8, 4) is 0 Å². The highest BCUT2D eigenvalue weighted by Gasteiger charge is 2.21. The van der Waals surface area contributed by atoms with Gasteiger partial charge in [0.1, 0.15) is 5.82 Å². The van der Waals surface area contributed by atoms with E-state index in [1.165, 1.54) is 31.2 Å². The largest absolute Gasteiger partial charge is 0.374 e. The lowest BCUT2D eigenvalue weighted by Gasteiger charge is -2.34. The van der Waals surface area contributed by atoms with Crippen LogP contribution in [0.5, 0.6) is 0 Å². The molecule has 0 amide bonds. The number of pyridine rings is 1. The molecule has 0 spiro atoms. The lowest BCUT2D eigenvalue weighted by atomic mass is 10.2. The van der Waals surface area contributed by atoms with Gasteiger partial charge in [-0.3, -0.25) is 9.89 Å².